The van der Waals surface area contributed by atoms with Crippen molar-refractivity contribution in [1.82, 2.24) is 29.8 Å². The third kappa shape index (κ3) is 3.34. The first-order valence-electron chi connectivity index (χ1n) is 10.4. The summed E-state index contributed by atoms with van der Waals surface area (Å²) in [5.41, 5.74) is 3.86. The SMILES string of the molecule is CCn1nnc2cc(C(=O)Nc3cccc(-c4nnc5n4CCCCC5)c3)ccc21. The van der Waals surface area contributed by atoms with Gasteiger partial charge in [0.05, 0.1) is 5.52 Å². The number of amides is 1. The highest BCUT2D eigenvalue weighted by Crippen LogP contribution is 2.25. The predicted octanol–water partition coefficient (Wildman–Crippen LogP) is 3.69. The first-order valence-corrected chi connectivity index (χ1v) is 10.4. The second-order valence-electron chi connectivity index (χ2n) is 7.55. The van der Waals surface area contributed by atoms with Gasteiger partial charge in [0, 0.05) is 36.3 Å². The Morgan fingerprint density at radius 2 is 2.00 bits per heavy atom. The van der Waals surface area contributed by atoms with E-state index in [-0.39, 0.29) is 5.91 Å². The minimum atomic E-state index is -0.180. The van der Waals surface area contributed by atoms with Crippen LogP contribution in [0.2, 0.25) is 0 Å². The topological polar surface area (TPSA) is 90.5 Å². The fourth-order valence-corrected chi connectivity index (χ4v) is 3.98. The van der Waals surface area contributed by atoms with Crippen LogP contribution < -0.4 is 5.32 Å². The lowest BCUT2D eigenvalue weighted by molar-refractivity contribution is 0.102. The van der Waals surface area contributed by atoms with Crippen molar-refractivity contribution in [2.75, 3.05) is 5.32 Å². The number of hydrogen-bond donors (Lipinski definition) is 1. The van der Waals surface area contributed by atoms with Gasteiger partial charge in [-0.2, -0.15) is 0 Å². The molecule has 0 radical (unpaired) electrons. The molecule has 152 valence electrons. The number of nitrogens with zero attached hydrogens (tertiary/aromatic N) is 6. The second-order valence-corrected chi connectivity index (χ2v) is 7.55. The molecule has 0 bridgehead atoms. The van der Waals surface area contributed by atoms with Crippen LogP contribution in [0.1, 0.15) is 42.4 Å². The molecule has 0 fully saturated rings. The zero-order valence-electron chi connectivity index (χ0n) is 16.9. The molecule has 2 aromatic carbocycles. The summed E-state index contributed by atoms with van der Waals surface area (Å²) in [5, 5.41) is 20.0. The molecule has 1 aliphatic heterocycles. The van der Waals surface area contributed by atoms with Crippen molar-refractivity contribution in [2.24, 2.45) is 0 Å². The summed E-state index contributed by atoms with van der Waals surface area (Å²) in [6, 6.07) is 13.2. The first kappa shape index (κ1) is 18.5. The fraction of sp³-hybridized carbons (Fsp3) is 0.318. The molecule has 0 saturated heterocycles. The van der Waals surface area contributed by atoms with Crippen LogP contribution in [-0.4, -0.2) is 35.7 Å². The monoisotopic (exact) mass is 401 g/mol. The lowest BCUT2D eigenvalue weighted by atomic mass is 10.1. The largest absolute Gasteiger partial charge is 0.322 e. The Kier molecular flexibility index (Phi) is 4.74. The summed E-state index contributed by atoms with van der Waals surface area (Å²) in [7, 11) is 0. The number of fused-ring (bicyclic) bond motifs is 2. The quantitative estimate of drug-likeness (QED) is 0.563. The maximum Gasteiger partial charge on any atom is 0.255 e. The van der Waals surface area contributed by atoms with Gasteiger partial charge < -0.3 is 9.88 Å². The molecule has 3 heterocycles. The van der Waals surface area contributed by atoms with E-state index in [0.717, 1.165) is 60.8 Å². The van der Waals surface area contributed by atoms with Crippen molar-refractivity contribution in [3.8, 4) is 11.4 Å². The van der Waals surface area contributed by atoms with E-state index in [1.807, 2.05) is 41.9 Å². The zero-order valence-corrected chi connectivity index (χ0v) is 16.9. The van der Waals surface area contributed by atoms with Gasteiger partial charge in [-0.05, 0) is 50.1 Å². The van der Waals surface area contributed by atoms with Gasteiger partial charge in [0.15, 0.2) is 5.82 Å². The van der Waals surface area contributed by atoms with Crippen LogP contribution in [0, 0.1) is 0 Å². The number of carbonyl (C=O) groups excluding carboxylic acids is 1. The smallest absolute Gasteiger partial charge is 0.255 e. The van der Waals surface area contributed by atoms with Gasteiger partial charge in [0.25, 0.3) is 5.91 Å². The van der Waals surface area contributed by atoms with Gasteiger partial charge in [0.2, 0.25) is 0 Å². The molecule has 0 aliphatic carbocycles. The number of aryl methyl sites for hydroxylation is 2. The highest BCUT2D eigenvalue weighted by molar-refractivity contribution is 6.06. The van der Waals surface area contributed by atoms with E-state index in [2.05, 4.69) is 30.4 Å². The number of carbonyl (C=O) groups is 1. The third-order valence-corrected chi connectivity index (χ3v) is 5.56. The molecule has 2 aromatic heterocycles. The highest BCUT2D eigenvalue weighted by atomic mass is 16.1. The maximum atomic E-state index is 12.8. The Hall–Kier alpha value is -3.55. The standard InChI is InChI=1S/C22H23N7O/c1-2-29-19-11-10-16(14-18(19)24-27-29)22(30)23-17-8-6-7-15(13-17)21-26-25-20-9-4-3-5-12-28(20)21/h6-8,10-11,13-14H,2-5,9,12H2,1H3,(H,23,30). The molecule has 30 heavy (non-hydrogen) atoms. The van der Waals surface area contributed by atoms with Crippen molar-refractivity contribution in [1.29, 1.82) is 0 Å². The summed E-state index contributed by atoms with van der Waals surface area (Å²) in [5.74, 6) is 1.73. The molecule has 1 amide bonds. The Morgan fingerprint density at radius 1 is 1.07 bits per heavy atom. The van der Waals surface area contributed by atoms with Crippen molar-refractivity contribution in [3.05, 3.63) is 53.9 Å². The lowest BCUT2D eigenvalue weighted by Gasteiger charge is -2.09. The number of rotatable bonds is 4. The molecule has 0 saturated carbocycles. The van der Waals surface area contributed by atoms with Crippen molar-refractivity contribution in [3.63, 3.8) is 0 Å². The molecule has 5 rings (SSSR count). The van der Waals surface area contributed by atoms with Gasteiger partial charge in [-0.3, -0.25) is 4.79 Å². The van der Waals surface area contributed by atoms with Gasteiger partial charge in [-0.15, -0.1) is 15.3 Å². The number of aromatic nitrogens is 6. The molecular formula is C22H23N7O. The molecule has 1 N–H and O–H groups in total. The normalized spacial score (nSPS) is 13.8. The summed E-state index contributed by atoms with van der Waals surface area (Å²) < 4.78 is 4.01. The number of nitrogens with one attached hydrogen (secondary N) is 1. The summed E-state index contributed by atoms with van der Waals surface area (Å²) in [6.45, 7) is 3.68. The van der Waals surface area contributed by atoms with Crippen molar-refractivity contribution in [2.45, 2.75) is 45.7 Å². The maximum absolute atomic E-state index is 12.8. The minimum absolute atomic E-state index is 0.180. The molecule has 1 aliphatic rings. The third-order valence-electron chi connectivity index (χ3n) is 5.56. The van der Waals surface area contributed by atoms with Gasteiger partial charge in [-0.25, -0.2) is 4.68 Å². The zero-order chi connectivity index (χ0) is 20.5. The van der Waals surface area contributed by atoms with E-state index < -0.39 is 0 Å². The van der Waals surface area contributed by atoms with Gasteiger partial charge >= 0.3 is 0 Å². The Labute approximate surface area is 173 Å². The van der Waals surface area contributed by atoms with Crippen molar-refractivity contribution >= 4 is 22.6 Å². The summed E-state index contributed by atoms with van der Waals surface area (Å²) in [6.07, 6.45) is 4.48. The van der Waals surface area contributed by atoms with E-state index in [1.54, 1.807) is 12.1 Å². The van der Waals surface area contributed by atoms with Crippen LogP contribution in [0.15, 0.2) is 42.5 Å². The second kappa shape index (κ2) is 7.70. The van der Waals surface area contributed by atoms with E-state index in [0.29, 0.717) is 11.1 Å². The summed E-state index contributed by atoms with van der Waals surface area (Å²) >= 11 is 0. The molecule has 8 nitrogen and oxygen atoms in total. The first-order chi connectivity index (χ1) is 14.7. The lowest BCUT2D eigenvalue weighted by Crippen LogP contribution is -2.12. The average Bonchev–Trinajstić information content (AvgIpc) is 3.30. The molecule has 0 spiro atoms. The van der Waals surface area contributed by atoms with Crippen molar-refractivity contribution < 1.29 is 4.79 Å². The Balaban J connectivity index is 1.40. The number of hydrogen-bond acceptors (Lipinski definition) is 5. The predicted molar refractivity (Wildman–Crippen MR) is 114 cm³/mol. The highest BCUT2D eigenvalue weighted by Gasteiger charge is 2.17. The fourth-order valence-electron chi connectivity index (χ4n) is 3.98. The Bertz CT molecular complexity index is 1220. The van der Waals surface area contributed by atoms with E-state index in [9.17, 15) is 4.79 Å². The molecule has 4 aromatic rings. The van der Waals surface area contributed by atoms with Crippen LogP contribution in [0.3, 0.4) is 0 Å². The van der Waals surface area contributed by atoms with Crippen LogP contribution >= 0.6 is 0 Å². The van der Waals surface area contributed by atoms with Gasteiger partial charge in [0.1, 0.15) is 11.3 Å². The van der Waals surface area contributed by atoms with Crippen LogP contribution in [0.4, 0.5) is 5.69 Å². The average molecular weight is 401 g/mol. The van der Waals surface area contributed by atoms with Crippen LogP contribution in [0.25, 0.3) is 22.4 Å². The van der Waals surface area contributed by atoms with E-state index >= 15 is 0 Å². The van der Waals surface area contributed by atoms with Gasteiger partial charge in [-0.1, -0.05) is 23.8 Å². The molecule has 0 atom stereocenters. The molecule has 8 heteroatoms. The number of benzene rings is 2. The molecular weight excluding hydrogens is 378 g/mol. The molecule has 0 unspecified atom stereocenters. The summed E-state index contributed by atoms with van der Waals surface area (Å²) in [4.78, 5) is 12.8. The Morgan fingerprint density at radius 3 is 2.90 bits per heavy atom. The van der Waals surface area contributed by atoms with Crippen LogP contribution in [0.5, 0.6) is 0 Å². The number of anilines is 1. The van der Waals surface area contributed by atoms with E-state index in [4.69, 9.17) is 0 Å². The van der Waals surface area contributed by atoms with Crippen LogP contribution in [-0.2, 0) is 19.5 Å². The van der Waals surface area contributed by atoms with E-state index in [1.165, 1.54) is 6.42 Å². The minimum Gasteiger partial charge on any atom is -0.322 e.